The fourth-order valence-corrected chi connectivity index (χ4v) is 2.10. The van der Waals surface area contributed by atoms with Crippen molar-refractivity contribution in [2.24, 2.45) is 0 Å². The van der Waals surface area contributed by atoms with E-state index in [1.165, 1.54) is 24.3 Å². The molecule has 0 atom stereocenters. The first-order valence-electron chi connectivity index (χ1n) is 5.88. The van der Waals surface area contributed by atoms with Crippen LogP contribution in [0.3, 0.4) is 0 Å². The largest absolute Gasteiger partial charge is 0.332 e. The Morgan fingerprint density at radius 2 is 1.59 bits per heavy atom. The maximum Gasteiger partial charge on any atom is 0.332 e. The second-order valence-electron chi connectivity index (χ2n) is 4.22. The van der Waals surface area contributed by atoms with Gasteiger partial charge in [0.1, 0.15) is 0 Å². The van der Waals surface area contributed by atoms with Gasteiger partial charge in [0, 0.05) is 23.4 Å². The molecule has 2 aromatic rings. The smallest absolute Gasteiger partial charge is 0.322 e. The van der Waals surface area contributed by atoms with Crippen LogP contribution in [0.15, 0.2) is 53.4 Å². The number of carbonyl (C=O) groups excluding carboxylic acids is 1. The average Bonchev–Trinajstić information content (AvgIpc) is 2.47. The molecule has 7 nitrogen and oxygen atoms in total. The number of benzene rings is 2. The Hall–Kier alpha value is -2.81. The number of hydrogen-bond acceptors (Lipinski definition) is 5. The molecule has 0 radical (unpaired) electrons. The lowest BCUT2D eigenvalue weighted by molar-refractivity contribution is -0.384. The highest BCUT2D eigenvalue weighted by Crippen LogP contribution is 2.17. The molecule has 0 saturated heterocycles. The number of halogens is 1. The Labute approximate surface area is 124 Å². The van der Waals surface area contributed by atoms with E-state index in [2.05, 4.69) is 5.32 Å². The molecule has 1 N–H and O–H groups in total. The number of nitrogens with zero attached hydrogens (tertiary/aromatic N) is 1. The van der Waals surface area contributed by atoms with Crippen LogP contribution in [0.1, 0.15) is 10.4 Å². The molecule has 0 aromatic heterocycles. The van der Waals surface area contributed by atoms with Gasteiger partial charge in [-0.1, -0.05) is 0 Å². The van der Waals surface area contributed by atoms with Gasteiger partial charge < -0.3 is 5.32 Å². The predicted octanol–water partition coefficient (Wildman–Crippen LogP) is 2.51. The Morgan fingerprint density at radius 3 is 2.05 bits per heavy atom. The highest BCUT2D eigenvalue weighted by atomic mass is 32.3. The van der Waals surface area contributed by atoms with Crippen LogP contribution in [0.5, 0.6) is 0 Å². The number of amides is 1. The minimum Gasteiger partial charge on any atom is -0.322 e. The van der Waals surface area contributed by atoms with Gasteiger partial charge in [-0.05, 0) is 36.4 Å². The minimum atomic E-state index is -4.81. The molecule has 9 heteroatoms. The van der Waals surface area contributed by atoms with Gasteiger partial charge in [0.05, 0.1) is 9.82 Å². The van der Waals surface area contributed by atoms with Gasteiger partial charge in [-0.25, -0.2) is 0 Å². The van der Waals surface area contributed by atoms with Crippen LogP contribution >= 0.6 is 0 Å². The topological polar surface area (TPSA) is 106 Å². The third kappa shape index (κ3) is 3.64. The summed E-state index contributed by atoms with van der Waals surface area (Å²) in [7, 11) is -4.81. The summed E-state index contributed by atoms with van der Waals surface area (Å²) in [4.78, 5) is 21.3. The monoisotopic (exact) mass is 324 g/mol. The van der Waals surface area contributed by atoms with E-state index < -0.39 is 25.9 Å². The summed E-state index contributed by atoms with van der Waals surface area (Å²) in [5, 5.41) is 13.0. The van der Waals surface area contributed by atoms with E-state index in [0.717, 1.165) is 24.3 Å². The van der Waals surface area contributed by atoms with Crippen molar-refractivity contribution in [2.75, 3.05) is 5.32 Å². The van der Waals surface area contributed by atoms with Gasteiger partial charge in [-0.15, -0.1) is 3.89 Å². The van der Waals surface area contributed by atoms with Crippen molar-refractivity contribution in [1.29, 1.82) is 0 Å². The van der Waals surface area contributed by atoms with Gasteiger partial charge in [0.2, 0.25) is 0 Å². The molecule has 114 valence electrons. The molecule has 0 unspecified atom stereocenters. The lowest BCUT2D eigenvalue weighted by Gasteiger charge is -2.05. The average molecular weight is 324 g/mol. The number of non-ortho nitro benzene ring substituents is 1. The van der Waals surface area contributed by atoms with E-state index in [1.54, 1.807) is 0 Å². The second kappa shape index (κ2) is 5.90. The molecule has 0 saturated carbocycles. The third-order valence-electron chi connectivity index (χ3n) is 2.73. The zero-order valence-corrected chi connectivity index (χ0v) is 11.7. The van der Waals surface area contributed by atoms with Crippen molar-refractivity contribution in [1.82, 2.24) is 0 Å². The van der Waals surface area contributed by atoms with Crippen LogP contribution in [0.25, 0.3) is 0 Å². The lowest BCUT2D eigenvalue weighted by atomic mass is 10.2. The van der Waals surface area contributed by atoms with Gasteiger partial charge in [-0.3, -0.25) is 14.9 Å². The first-order valence-corrected chi connectivity index (χ1v) is 7.26. The van der Waals surface area contributed by atoms with Crippen molar-refractivity contribution in [3.05, 3.63) is 64.2 Å². The SMILES string of the molecule is O=C(Nc1ccc([N+](=O)[O-])cc1)c1ccc(S(=O)(=O)F)cc1. The zero-order valence-electron chi connectivity index (χ0n) is 10.9. The number of nitro groups is 1. The van der Waals surface area contributed by atoms with Crippen molar-refractivity contribution in [2.45, 2.75) is 4.90 Å². The van der Waals surface area contributed by atoms with E-state index in [9.17, 15) is 27.2 Å². The van der Waals surface area contributed by atoms with Crippen LogP contribution in [-0.2, 0) is 10.2 Å². The molecule has 0 heterocycles. The molecule has 2 rings (SSSR count). The van der Waals surface area contributed by atoms with Crippen LogP contribution in [0.2, 0.25) is 0 Å². The first-order chi connectivity index (χ1) is 10.3. The summed E-state index contributed by atoms with van der Waals surface area (Å²) >= 11 is 0. The number of nitrogens with one attached hydrogen (secondary N) is 1. The summed E-state index contributed by atoms with van der Waals surface area (Å²) in [6.07, 6.45) is 0. The van der Waals surface area contributed by atoms with E-state index in [0.29, 0.717) is 5.69 Å². The molecular weight excluding hydrogens is 315 g/mol. The van der Waals surface area contributed by atoms with Gasteiger partial charge in [-0.2, -0.15) is 8.42 Å². The summed E-state index contributed by atoms with van der Waals surface area (Å²) in [6, 6.07) is 9.44. The van der Waals surface area contributed by atoms with Crippen molar-refractivity contribution in [3.8, 4) is 0 Å². The highest BCUT2D eigenvalue weighted by molar-refractivity contribution is 7.86. The summed E-state index contributed by atoms with van der Waals surface area (Å²) in [5.41, 5.74) is 0.332. The quantitative estimate of drug-likeness (QED) is 0.528. The molecule has 0 aliphatic heterocycles. The molecule has 0 spiro atoms. The third-order valence-corrected chi connectivity index (χ3v) is 3.57. The van der Waals surface area contributed by atoms with Crippen molar-refractivity contribution < 1.29 is 22.0 Å². The Balaban J connectivity index is 2.13. The van der Waals surface area contributed by atoms with E-state index in [1.807, 2.05) is 0 Å². The fourth-order valence-electron chi connectivity index (χ4n) is 1.64. The Bertz CT molecular complexity index is 817. The Morgan fingerprint density at radius 1 is 1.05 bits per heavy atom. The van der Waals surface area contributed by atoms with Crippen LogP contribution in [0.4, 0.5) is 15.3 Å². The summed E-state index contributed by atoms with van der Waals surface area (Å²) < 4.78 is 34.1. The minimum absolute atomic E-state index is 0.115. The first kappa shape index (κ1) is 15.6. The maximum absolute atomic E-state index is 12.7. The summed E-state index contributed by atoms with van der Waals surface area (Å²) in [5.74, 6) is -0.559. The zero-order chi connectivity index (χ0) is 16.3. The van der Waals surface area contributed by atoms with Gasteiger partial charge in [0.25, 0.3) is 11.6 Å². The van der Waals surface area contributed by atoms with Crippen LogP contribution in [-0.4, -0.2) is 19.2 Å². The van der Waals surface area contributed by atoms with Crippen LogP contribution < -0.4 is 5.32 Å². The molecular formula is C13H9FN2O5S. The van der Waals surface area contributed by atoms with E-state index in [4.69, 9.17) is 0 Å². The molecule has 2 aromatic carbocycles. The molecule has 0 aliphatic rings. The molecule has 0 fully saturated rings. The van der Waals surface area contributed by atoms with Gasteiger partial charge >= 0.3 is 10.2 Å². The van der Waals surface area contributed by atoms with Gasteiger partial charge in [0.15, 0.2) is 0 Å². The maximum atomic E-state index is 12.7. The standard InChI is InChI=1S/C13H9FN2O5S/c14-22(20,21)12-7-1-9(2-8-12)13(17)15-10-3-5-11(6-4-10)16(18)19/h1-8H,(H,15,17). The molecule has 1 amide bonds. The van der Waals surface area contributed by atoms with E-state index >= 15 is 0 Å². The number of hydrogen-bond donors (Lipinski definition) is 1. The highest BCUT2D eigenvalue weighted by Gasteiger charge is 2.13. The van der Waals surface area contributed by atoms with Crippen molar-refractivity contribution in [3.63, 3.8) is 0 Å². The number of nitro benzene ring substituents is 1. The predicted molar refractivity (Wildman–Crippen MR) is 75.8 cm³/mol. The molecule has 22 heavy (non-hydrogen) atoms. The number of anilines is 1. The summed E-state index contributed by atoms with van der Waals surface area (Å²) in [6.45, 7) is 0. The van der Waals surface area contributed by atoms with Crippen molar-refractivity contribution >= 4 is 27.5 Å². The number of rotatable bonds is 4. The second-order valence-corrected chi connectivity index (χ2v) is 5.57. The number of carbonyl (C=O) groups is 1. The van der Waals surface area contributed by atoms with Crippen LogP contribution in [0, 0.1) is 10.1 Å². The normalized spacial score (nSPS) is 11.0. The van der Waals surface area contributed by atoms with E-state index in [-0.39, 0.29) is 11.3 Å². The lowest BCUT2D eigenvalue weighted by Crippen LogP contribution is -2.11. The fraction of sp³-hybridized carbons (Fsp3) is 0. The molecule has 0 aliphatic carbocycles. The molecule has 0 bridgehead atoms. The Kier molecular flexibility index (Phi) is 4.18.